The van der Waals surface area contributed by atoms with E-state index in [9.17, 15) is 14.4 Å². The molecule has 1 heterocycles. The van der Waals surface area contributed by atoms with E-state index in [1.165, 1.54) is 0 Å². The van der Waals surface area contributed by atoms with Gasteiger partial charge in [-0.05, 0) is 48.3 Å². The van der Waals surface area contributed by atoms with Gasteiger partial charge in [-0.3, -0.25) is 19.3 Å². The third-order valence-electron chi connectivity index (χ3n) is 4.39. The van der Waals surface area contributed by atoms with Gasteiger partial charge in [0.05, 0.1) is 11.1 Å². The summed E-state index contributed by atoms with van der Waals surface area (Å²) >= 11 is 7.53. The number of rotatable bonds is 7. The van der Waals surface area contributed by atoms with E-state index < -0.39 is 17.9 Å². The van der Waals surface area contributed by atoms with Crippen molar-refractivity contribution in [2.24, 2.45) is 0 Å². The van der Waals surface area contributed by atoms with Crippen molar-refractivity contribution in [1.29, 1.82) is 0 Å². The molecule has 2 aromatic carbocycles. The van der Waals surface area contributed by atoms with Gasteiger partial charge in [-0.25, -0.2) is 0 Å². The Kier molecular flexibility index (Phi) is 6.19. The first-order chi connectivity index (χ1) is 13.0. The van der Waals surface area contributed by atoms with Crippen LogP contribution in [0.4, 0.5) is 0 Å². The molecule has 140 valence electrons. The Morgan fingerprint density at radius 3 is 2.37 bits per heavy atom. The highest BCUT2D eigenvalue weighted by Crippen LogP contribution is 2.26. The van der Waals surface area contributed by atoms with Crippen molar-refractivity contribution in [2.45, 2.75) is 19.0 Å². The third kappa shape index (κ3) is 4.17. The standard InChI is InChI=1S/C20H19ClN2O3S/c1-27-10-9-17(18(24)22-12-13-5-4-6-14(21)11-13)23-19(25)15-7-2-3-8-16(15)20(23)26/h2-8,11,17H,9-10,12H2,1H3,(H,22,24)/t17-/m1/s1. The first-order valence-electron chi connectivity index (χ1n) is 8.51. The third-order valence-corrected chi connectivity index (χ3v) is 5.27. The molecule has 27 heavy (non-hydrogen) atoms. The van der Waals surface area contributed by atoms with Gasteiger partial charge in [0.1, 0.15) is 6.04 Å². The van der Waals surface area contributed by atoms with Gasteiger partial charge in [0.25, 0.3) is 11.8 Å². The van der Waals surface area contributed by atoms with Crippen molar-refractivity contribution in [3.05, 3.63) is 70.2 Å². The predicted octanol–water partition coefficient (Wildman–Crippen LogP) is 3.37. The van der Waals surface area contributed by atoms with Crippen LogP contribution in [0, 0.1) is 0 Å². The Labute approximate surface area is 167 Å². The number of carbonyl (C=O) groups excluding carboxylic acids is 3. The maximum Gasteiger partial charge on any atom is 0.262 e. The van der Waals surface area contributed by atoms with Crippen molar-refractivity contribution in [3.8, 4) is 0 Å². The molecule has 0 aromatic heterocycles. The number of halogens is 1. The van der Waals surface area contributed by atoms with E-state index in [0.717, 1.165) is 10.5 Å². The molecule has 2 aromatic rings. The summed E-state index contributed by atoms with van der Waals surface area (Å²) in [4.78, 5) is 39.4. The Bertz CT molecular complexity index is 852. The summed E-state index contributed by atoms with van der Waals surface area (Å²) < 4.78 is 0. The highest BCUT2D eigenvalue weighted by molar-refractivity contribution is 7.98. The van der Waals surface area contributed by atoms with Crippen LogP contribution in [0.5, 0.6) is 0 Å². The first-order valence-corrected chi connectivity index (χ1v) is 10.3. The van der Waals surface area contributed by atoms with Crippen LogP contribution in [0.15, 0.2) is 48.5 Å². The molecule has 0 spiro atoms. The number of thioether (sulfide) groups is 1. The molecular formula is C20H19ClN2O3S. The van der Waals surface area contributed by atoms with Crippen molar-refractivity contribution in [1.82, 2.24) is 10.2 Å². The molecule has 3 amide bonds. The minimum absolute atomic E-state index is 0.276. The number of amides is 3. The summed E-state index contributed by atoms with van der Waals surface area (Å²) in [6, 6.07) is 13.0. The zero-order valence-electron chi connectivity index (χ0n) is 14.8. The van der Waals surface area contributed by atoms with E-state index in [1.54, 1.807) is 54.2 Å². The molecule has 0 bridgehead atoms. The molecule has 3 rings (SSSR count). The summed E-state index contributed by atoms with van der Waals surface area (Å²) in [6.45, 7) is 0.276. The number of hydrogen-bond donors (Lipinski definition) is 1. The van der Waals surface area contributed by atoms with Gasteiger partial charge < -0.3 is 5.32 Å². The van der Waals surface area contributed by atoms with Crippen molar-refractivity contribution in [2.75, 3.05) is 12.0 Å². The Hall–Kier alpha value is -2.31. The minimum atomic E-state index is -0.843. The molecule has 0 unspecified atom stereocenters. The first kappa shape index (κ1) is 19.5. The molecule has 7 heteroatoms. The number of nitrogens with one attached hydrogen (secondary N) is 1. The van der Waals surface area contributed by atoms with Crippen molar-refractivity contribution >= 4 is 41.1 Å². The Balaban J connectivity index is 1.78. The van der Waals surface area contributed by atoms with Gasteiger partial charge in [0.2, 0.25) is 5.91 Å². The summed E-state index contributed by atoms with van der Waals surface area (Å²) in [7, 11) is 0. The topological polar surface area (TPSA) is 66.5 Å². The second kappa shape index (κ2) is 8.59. The SMILES string of the molecule is CSCC[C@H](C(=O)NCc1cccc(Cl)c1)N1C(=O)c2ccccc2C1=O. The largest absolute Gasteiger partial charge is 0.350 e. The lowest BCUT2D eigenvalue weighted by Gasteiger charge is -2.25. The average molecular weight is 403 g/mol. The molecular weight excluding hydrogens is 384 g/mol. The summed E-state index contributed by atoms with van der Waals surface area (Å²) in [5, 5.41) is 3.41. The van der Waals surface area contributed by atoms with Gasteiger partial charge in [-0.1, -0.05) is 35.9 Å². The lowest BCUT2D eigenvalue weighted by molar-refractivity contribution is -0.125. The second-order valence-corrected chi connectivity index (χ2v) is 7.59. The lowest BCUT2D eigenvalue weighted by Crippen LogP contribution is -2.49. The highest BCUT2D eigenvalue weighted by Gasteiger charge is 2.42. The van der Waals surface area contributed by atoms with Crippen molar-refractivity contribution < 1.29 is 14.4 Å². The number of nitrogens with zero attached hydrogens (tertiary/aromatic N) is 1. The molecule has 1 N–H and O–H groups in total. The lowest BCUT2D eigenvalue weighted by atomic mass is 10.1. The minimum Gasteiger partial charge on any atom is -0.350 e. The van der Waals surface area contributed by atoms with Crippen LogP contribution in [-0.2, 0) is 11.3 Å². The molecule has 0 radical (unpaired) electrons. The monoisotopic (exact) mass is 402 g/mol. The number of hydrogen-bond acceptors (Lipinski definition) is 4. The fourth-order valence-electron chi connectivity index (χ4n) is 3.05. The van der Waals surface area contributed by atoms with Crippen LogP contribution in [0.3, 0.4) is 0 Å². The van der Waals surface area contributed by atoms with Crippen LogP contribution < -0.4 is 5.32 Å². The summed E-state index contributed by atoms with van der Waals surface area (Å²) in [5.41, 5.74) is 1.54. The smallest absolute Gasteiger partial charge is 0.262 e. The second-order valence-electron chi connectivity index (χ2n) is 6.17. The maximum absolute atomic E-state index is 12.8. The predicted molar refractivity (Wildman–Crippen MR) is 107 cm³/mol. The molecule has 1 aliphatic rings. The molecule has 5 nitrogen and oxygen atoms in total. The number of carbonyl (C=O) groups is 3. The van der Waals surface area contributed by atoms with Gasteiger partial charge in [-0.15, -0.1) is 0 Å². The zero-order chi connectivity index (χ0) is 19.4. The number of imide groups is 1. The fraction of sp³-hybridized carbons (Fsp3) is 0.250. The molecule has 1 aliphatic heterocycles. The van der Waals surface area contributed by atoms with E-state index >= 15 is 0 Å². The number of benzene rings is 2. The van der Waals surface area contributed by atoms with E-state index in [0.29, 0.717) is 28.3 Å². The van der Waals surface area contributed by atoms with Gasteiger partial charge in [0.15, 0.2) is 0 Å². The molecule has 0 saturated heterocycles. The maximum atomic E-state index is 12.8. The Morgan fingerprint density at radius 1 is 1.11 bits per heavy atom. The van der Waals surface area contributed by atoms with Crippen LogP contribution in [0.2, 0.25) is 5.02 Å². The highest BCUT2D eigenvalue weighted by atomic mass is 35.5. The van der Waals surface area contributed by atoms with Gasteiger partial charge >= 0.3 is 0 Å². The van der Waals surface area contributed by atoms with E-state index in [4.69, 9.17) is 11.6 Å². The fourth-order valence-corrected chi connectivity index (χ4v) is 3.72. The summed E-state index contributed by atoms with van der Waals surface area (Å²) in [5.74, 6) is -0.527. The Morgan fingerprint density at radius 2 is 1.78 bits per heavy atom. The zero-order valence-corrected chi connectivity index (χ0v) is 16.3. The van der Waals surface area contributed by atoms with Crippen LogP contribution >= 0.6 is 23.4 Å². The number of fused-ring (bicyclic) bond motifs is 1. The van der Waals surface area contributed by atoms with Gasteiger partial charge in [0, 0.05) is 11.6 Å². The molecule has 0 aliphatic carbocycles. The van der Waals surface area contributed by atoms with Crippen molar-refractivity contribution in [3.63, 3.8) is 0 Å². The normalized spacial score (nSPS) is 14.2. The summed E-state index contributed by atoms with van der Waals surface area (Å²) in [6.07, 6.45) is 2.32. The quantitative estimate of drug-likeness (QED) is 0.721. The van der Waals surface area contributed by atoms with Gasteiger partial charge in [-0.2, -0.15) is 11.8 Å². The van der Waals surface area contributed by atoms with E-state index in [2.05, 4.69) is 5.32 Å². The van der Waals surface area contributed by atoms with Crippen LogP contribution in [-0.4, -0.2) is 40.7 Å². The van der Waals surface area contributed by atoms with E-state index in [-0.39, 0.29) is 12.5 Å². The van der Waals surface area contributed by atoms with Crippen LogP contribution in [0.1, 0.15) is 32.7 Å². The molecule has 1 atom stereocenters. The molecule has 0 saturated carbocycles. The molecule has 0 fully saturated rings. The van der Waals surface area contributed by atoms with Crippen LogP contribution in [0.25, 0.3) is 0 Å². The average Bonchev–Trinajstić information content (AvgIpc) is 2.92. The van der Waals surface area contributed by atoms with E-state index in [1.807, 2.05) is 12.3 Å².